The van der Waals surface area contributed by atoms with E-state index in [4.69, 9.17) is 34.3 Å². The van der Waals surface area contributed by atoms with Crippen LogP contribution in [0.3, 0.4) is 0 Å². The molecule has 2 aliphatic heterocycles. The van der Waals surface area contributed by atoms with Crippen LogP contribution in [0.2, 0.25) is 0 Å². The molecule has 1 unspecified atom stereocenters. The van der Waals surface area contributed by atoms with Gasteiger partial charge in [-0.05, 0) is 12.3 Å². The molecule has 4 aliphatic rings. The molecule has 0 radical (unpaired) electrons. The molecule has 1 spiro atoms. The van der Waals surface area contributed by atoms with Crippen molar-refractivity contribution in [3.05, 3.63) is 25.3 Å². The maximum Gasteiger partial charge on any atom is 0.472 e. The van der Waals surface area contributed by atoms with Crippen LogP contribution in [-0.2, 0) is 32.0 Å². The fraction of sp³-hybridized carbons (Fsp3) is 0.545. The molecule has 2 saturated carbocycles. The second-order valence-electron chi connectivity index (χ2n) is 11.3. The quantitative estimate of drug-likeness (QED) is 0.119. The third kappa shape index (κ3) is 4.61. The van der Waals surface area contributed by atoms with Gasteiger partial charge in [-0.3, -0.25) is 22.7 Å². The summed E-state index contributed by atoms with van der Waals surface area (Å²) >= 11 is 4.14. The van der Waals surface area contributed by atoms with Gasteiger partial charge in [0.05, 0.1) is 31.9 Å². The summed E-state index contributed by atoms with van der Waals surface area (Å²) in [6, 6.07) is -0.729. The minimum absolute atomic E-state index is 0.0746. The highest BCUT2D eigenvalue weighted by atomic mass is 32.7. The number of hydrogen-bond donors (Lipinski definition) is 6. The molecule has 0 aromatic carbocycles. The summed E-state index contributed by atoms with van der Waals surface area (Å²) in [5.74, 6) is -0.196. The number of aliphatic hydroxyl groups excluding tert-OH is 2. The number of ether oxygens (including phenoxy) is 1. The smallest absolute Gasteiger partial charge is 0.388 e. The van der Waals surface area contributed by atoms with Crippen molar-refractivity contribution in [1.82, 2.24) is 39.0 Å². The first-order valence-electron chi connectivity index (χ1n) is 13.6. The van der Waals surface area contributed by atoms with Crippen LogP contribution in [0, 0.1) is 11.3 Å². The summed E-state index contributed by atoms with van der Waals surface area (Å²) in [5.41, 5.74) is 11.8. The second kappa shape index (κ2) is 10.1. The molecule has 4 aromatic heterocycles. The number of nitrogen functional groups attached to an aromatic ring is 2. The topological polar surface area (TPSA) is 280 Å². The third-order valence-electron chi connectivity index (χ3n) is 8.90. The first kappa shape index (κ1) is 29.6. The van der Waals surface area contributed by atoms with E-state index in [1.807, 2.05) is 0 Å². The predicted molar refractivity (Wildman–Crippen MR) is 153 cm³/mol. The zero-order valence-electron chi connectivity index (χ0n) is 22.8. The lowest BCUT2D eigenvalue weighted by molar-refractivity contribution is -0.0592. The third-order valence-corrected chi connectivity index (χ3v) is 11.5. The van der Waals surface area contributed by atoms with Crippen LogP contribution in [0.4, 0.5) is 11.6 Å². The Morgan fingerprint density at radius 1 is 0.911 bits per heavy atom. The standard InChI is InChI=1S/C22H26N10O10P2S/c23-17-10-19(27-4-25-17)31(6-29-10)12-8-1-22(8)3-39-43(35,36)41-15-13(33)9(2-38-44(37,45)42-16(22)14(12)34)40-21(15)32-7-30-11-18(24)26-5-28-20(11)32/h4-9,12-16,21,33-34H,1-3H2,(H,35,36)(H,37,45)(H2,23,25,27)(H2,24,26,28)/t8-,9-,12-,13-,14+,15-,16+,21-,22+,44+/m1/s1. The summed E-state index contributed by atoms with van der Waals surface area (Å²) in [6.07, 6.45) is -2.68. The molecule has 0 amide bonds. The lowest BCUT2D eigenvalue weighted by Crippen LogP contribution is -2.37. The van der Waals surface area contributed by atoms with Gasteiger partial charge in [0.2, 0.25) is 0 Å². The summed E-state index contributed by atoms with van der Waals surface area (Å²) < 4.78 is 58.3. The van der Waals surface area contributed by atoms with Gasteiger partial charge in [0, 0.05) is 5.41 Å². The van der Waals surface area contributed by atoms with E-state index in [1.54, 1.807) is 4.57 Å². The number of phosphoric ester groups is 1. The van der Waals surface area contributed by atoms with Crippen LogP contribution in [-0.4, -0.2) is 97.9 Å². The van der Waals surface area contributed by atoms with Crippen LogP contribution in [0.1, 0.15) is 18.7 Å². The van der Waals surface area contributed by atoms with E-state index >= 15 is 0 Å². The Labute approximate surface area is 257 Å². The van der Waals surface area contributed by atoms with Crippen LogP contribution >= 0.6 is 26.9 Å². The highest BCUT2D eigenvalue weighted by Crippen LogP contribution is 2.73. The van der Waals surface area contributed by atoms with Crippen molar-refractivity contribution < 1.29 is 47.1 Å². The Balaban J connectivity index is 1.14. The molecule has 2 saturated heterocycles. The van der Waals surface area contributed by atoms with Gasteiger partial charge in [0.1, 0.15) is 54.2 Å². The Morgan fingerprint density at radius 3 is 2.24 bits per heavy atom. The molecular weight excluding hydrogens is 658 g/mol. The fourth-order valence-corrected chi connectivity index (χ4v) is 9.26. The van der Waals surface area contributed by atoms with Crippen LogP contribution in [0.25, 0.3) is 22.3 Å². The minimum Gasteiger partial charge on any atom is -0.388 e. The van der Waals surface area contributed by atoms with Gasteiger partial charge in [-0.1, -0.05) is 12.2 Å². The number of aliphatic hydroxyl groups is 2. The van der Waals surface area contributed by atoms with Crippen molar-refractivity contribution in [1.29, 1.82) is 0 Å². The number of rotatable bonds is 2. The zero-order chi connectivity index (χ0) is 31.5. The maximum atomic E-state index is 13.6. The molecular formula is C22H26N10O10P2S. The molecule has 2 aliphatic carbocycles. The molecule has 4 fully saturated rings. The molecule has 23 heteroatoms. The zero-order valence-corrected chi connectivity index (χ0v) is 25.5. The number of hydrogen-bond acceptors (Lipinski definition) is 17. The molecule has 6 heterocycles. The van der Waals surface area contributed by atoms with Crippen molar-refractivity contribution >= 4 is 60.8 Å². The average molecular weight is 685 g/mol. The number of anilines is 2. The van der Waals surface area contributed by atoms with E-state index in [1.165, 1.54) is 29.9 Å². The van der Waals surface area contributed by atoms with Crippen molar-refractivity contribution in [2.24, 2.45) is 11.3 Å². The molecule has 11 atom stereocenters. The molecule has 20 nitrogen and oxygen atoms in total. The number of thiol groups is 1. The van der Waals surface area contributed by atoms with E-state index in [0.717, 1.165) is 0 Å². The van der Waals surface area contributed by atoms with Crippen molar-refractivity contribution in [3.63, 3.8) is 0 Å². The monoisotopic (exact) mass is 684 g/mol. The van der Waals surface area contributed by atoms with Gasteiger partial charge >= 0.3 is 14.6 Å². The summed E-state index contributed by atoms with van der Waals surface area (Å²) in [5, 5.41) is 22.7. The van der Waals surface area contributed by atoms with E-state index in [-0.39, 0.29) is 22.8 Å². The highest BCUT2D eigenvalue weighted by Gasteiger charge is 2.74. The molecule has 45 heavy (non-hydrogen) atoms. The van der Waals surface area contributed by atoms with Crippen LogP contribution < -0.4 is 11.5 Å². The molecule has 8 rings (SSSR count). The van der Waals surface area contributed by atoms with E-state index in [0.29, 0.717) is 17.6 Å². The fourth-order valence-electron chi connectivity index (χ4n) is 6.73. The van der Waals surface area contributed by atoms with Crippen molar-refractivity contribution in [2.75, 3.05) is 24.7 Å². The first-order chi connectivity index (χ1) is 21.4. The molecule has 2 bridgehead atoms. The Hall–Kier alpha value is -2.81. The molecule has 240 valence electrons. The molecule has 7 N–H and O–H groups in total. The van der Waals surface area contributed by atoms with Gasteiger partial charge in [0.15, 0.2) is 29.2 Å². The van der Waals surface area contributed by atoms with E-state index in [9.17, 15) is 24.2 Å². The summed E-state index contributed by atoms with van der Waals surface area (Å²) in [6.45, 7) is -5.26. The SMILES string of the molecule is Nc1ncnc2c1ncn2[C@H]1[C@H](O)[C@@H]2O[P@@](=O)(S)OC[C@H]3O[C@@H](n4cnc5c(N)ncnc54)[C@H](OP(=O)(O)OC[C@]24C[C@H]14)[C@@H]3O. The number of nitrogens with two attached hydrogens (primary N) is 2. The maximum absolute atomic E-state index is 13.6. The van der Waals surface area contributed by atoms with Gasteiger partial charge in [-0.25, -0.2) is 39.0 Å². The predicted octanol–water partition coefficient (Wildman–Crippen LogP) is -0.0337. The van der Waals surface area contributed by atoms with Gasteiger partial charge in [-0.2, -0.15) is 0 Å². The molecule has 4 aromatic rings. The highest BCUT2D eigenvalue weighted by molar-refractivity contribution is 8.44. The second-order valence-corrected chi connectivity index (χ2v) is 15.6. The van der Waals surface area contributed by atoms with E-state index < -0.39 is 82.0 Å². The lowest BCUT2D eigenvalue weighted by atomic mass is 10.0. The minimum atomic E-state index is -4.94. The Kier molecular flexibility index (Phi) is 6.64. The van der Waals surface area contributed by atoms with Gasteiger partial charge in [0.25, 0.3) is 0 Å². The number of fused-ring (bicyclic) bond motifs is 4. The summed E-state index contributed by atoms with van der Waals surface area (Å²) in [4.78, 5) is 35.6. The van der Waals surface area contributed by atoms with Crippen molar-refractivity contribution in [3.8, 4) is 0 Å². The average Bonchev–Trinajstić information content (AvgIpc) is 3.28. The van der Waals surface area contributed by atoms with Gasteiger partial charge < -0.3 is 35.9 Å². The Morgan fingerprint density at radius 2 is 1.56 bits per heavy atom. The summed E-state index contributed by atoms with van der Waals surface area (Å²) in [7, 11) is -4.94. The normalized spacial score (nSPS) is 41.7. The first-order valence-corrected chi connectivity index (χ1v) is 17.8. The number of nitrogens with zero attached hydrogens (tertiary/aromatic N) is 8. The van der Waals surface area contributed by atoms with E-state index in [2.05, 4.69) is 42.2 Å². The Bertz CT molecular complexity index is 1930. The largest absolute Gasteiger partial charge is 0.472 e. The number of aromatic nitrogens is 8. The number of phosphoric acid groups is 1. The van der Waals surface area contributed by atoms with Crippen molar-refractivity contribution in [2.45, 2.75) is 49.2 Å². The lowest BCUT2D eigenvalue weighted by Gasteiger charge is -2.30. The number of imidazole rings is 2. The van der Waals surface area contributed by atoms with Crippen LogP contribution in [0.15, 0.2) is 25.3 Å². The van der Waals surface area contributed by atoms with Crippen LogP contribution in [0.5, 0.6) is 0 Å². The van der Waals surface area contributed by atoms with Gasteiger partial charge in [-0.15, -0.1) is 0 Å².